The zero-order valence-corrected chi connectivity index (χ0v) is 23.1. The molecule has 0 fully saturated rings. The van der Waals surface area contributed by atoms with Crippen LogP contribution in [0.3, 0.4) is 0 Å². The molecule has 0 spiro atoms. The van der Waals surface area contributed by atoms with Crippen molar-refractivity contribution in [2.24, 2.45) is 0 Å². The maximum absolute atomic E-state index is 7.10. The van der Waals surface area contributed by atoms with Crippen LogP contribution in [0.5, 0.6) is 0 Å². The average molecular weight is 449 g/mol. The SMILES string of the molecule is C=C(C)COCCC[Si](OCC)(O[Si](CC)(CC)CC)O[Si](CC)(CC)CC. The molecule has 28 heavy (non-hydrogen) atoms. The van der Waals surface area contributed by atoms with Crippen molar-refractivity contribution in [1.29, 1.82) is 0 Å². The van der Waals surface area contributed by atoms with Gasteiger partial charge in [-0.25, -0.2) is 0 Å². The van der Waals surface area contributed by atoms with Crippen LogP contribution in [-0.4, -0.2) is 45.3 Å². The summed E-state index contributed by atoms with van der Waals surface area (Å²) in [5, 5.41) is 0. The first-order valence-corrected chi connectivity index (χ1v) is 18.5. The molecule has 4 nitrogen and oxygen atoms in total. The molecule has 0 saturated heterocycles. The lowest BCUT2D eigenvalue weighted by Gasteiger charge is -2.44. The van der Waals surface area contributed by atoms with Crippen LogP contribution in [0.15, 0.2) is 12.2 Å². The fourth-order valence-electron chi connectivity index (χ4n) is 3.70. The third-order valence-corrected chi connectivity index (χ3v) is 21.5. The number of hydrogen-bond donors (Lipinski definition) is 0. The maximum Gasteiger partial charge on any atom is 0.480 e. The predicted octanol–water partition coefficient (Wildman–Crippen LogP) is 6.99. The summed E-state index contributed by atoms with van der Waals surface area (Å²) in [6, 6.07) is 7.59. The van der Waals surface area contributed by atoms with E-state index < -0.39 is 25.4 Å². The number of ether oxygens (including phenoxy) is 1. The minimum absolute atomic E-state index is 0.625. The molecule has 168 valence electrons. The highest BCUT2D eigenvalue weighted by Crippen LogP contribution is 2.35. The Morgan fingerprint density at radius 3 is 1.50 bits per heavy atom. The Balaban J connectivity index is 5.66. The summed E-state index contributed by atoms with van der Waals surface area (Å²) in [4.78, 5) is 0. The fourth-order valence-corrected chi connectivity index (χ4v) is 18.4. The zero-order valence-electron chi connectivity index (χ0n) is 20.1. The summed E-state index contributed by atoms with van der Waals surface area (Å²) in [7, 11) is -6.42. The van der Waals surface area contributed by atoms with Gasteiger partial charge in [0, 0.05) is 19.3 Å². The molecule has 0 heterocycles. The lowest BCUT2D eigenvalue weighted by atomic mass is 10.4. The molecule has 0 aromatic heterocycles. The third kappa shape index (κ3) is 8.93. The van der Waals surface area contributed by atoms with Gasteiger partial charge in [-0.05, 0) is 56.5 Å². The van der Waals surface area contributed by atoms with Gasteiger partial charge in [0.25, 0.3) is 0 Å². The van der Waals surface area contributed by atoms with Crippen molar-refractivity contribution in [3.05, 3.63) is 12.2 Å². The first kappa shape index (κ1) is 28.2. The highest BCUT2D eigenvalue weighted by molar-refractivity contribution is 6.87. The normalized spacial score (nSPS) is 13.1. The Morgan fingerprint density at radius 2 is 1.18 bits per heavy atom. The van der Waals surface area contributed by atoms with Crippen LogP contribution >= 0.6 is 0 Å². The molecule has 0 radical (unpaired) electrons. The van der Waals surface area contributed by atoms with E-state index in [-0.39, 0.29) is 0 Å². The Labute approximate surface area is 179 Å². The molecule has 0 N–H and O–H groups in total. The summed E-state index contributed by atoms with van der Waals surface area (Å²) < 4.78 is 26.4. The highest BCUT2D eigenvalue weighted by Gasteiger charge is 2.51. The standard InChI is InChI=1S/C21H48O4Si3/c1-10-23-28(19-17-18-22-20-21(8)9,24-26(11-2,12-3)13-4)25-27(14-5,15-6)16-7/h8,10-20H2,1-7,9H3. The van der Waals surface area contributed by atoms with E-state index in [9.17, 15) is 0 Å². The van der Waals surface area contributed by atoms with E-state index >= 15 is 0 Å². The molecule has 0 aliphatic carbocycles. The smallest absolute Gasteiger partial charge is 0.416 e. The molecular weight excluding hydrogens is 400 g/mol. The van der Waals surface area contributed by atoms with E-state index in [1.165, 1.54) is 0 Å². The van der Waals surface area contributed by atoms with E-state index in [4.69, 9.17) is 17.4 Å². The van der Waals surface area contributed by atoms with Gasteiger partial charge >= 0.3 is 8.80 Å². The van der Waals surface area contributed by atoms with Crippen LogP contribution in [0, 0.1) is 0 Å². The van der Waals surface area contributed by atoms with Crippen molar-refractivity contribution in [1.82, 2.24) is 0 Å². The minimum atomic E-state index is -2.75. The lowest BCUT2D eigenvalue weighted by Crippen LogP contribution is -2.60. The van der Waals surface area contributed by atoms with Gasteiger partial charge in [0.1, 0.15) is 0 Å². The molecule has 0 saturated carbocycles. The maximum atomic E-state index is 7.10. The van der Waals surface area contributed by atoms with E-state index in [1.807, 2.05) is 6.92 Å². The topological polar surface area (TPSA) is 36.9 Å². The molecule has 0 aromatic rings. The summed E-state index contributed by atoms with van der Waals surface area (Å²) in [6.45, 7) is 23.7. The van der Waals surface area contributed by atoms with Gasteiger partial charge in [0.05, 0.1) is 6.61 Å². The fraction of sp³-hybridized carbons (Fsp3) is 0.905. The van der Waals surface area contributed by atoms with Crippen molar-refractivity contribution < 1.29 is 17.4 Å². The molecule has 0 amide bonds. The van der Waals surface area contributed by atoms with Crippen LogP contribution in [-0.2, 0) is 17.4 Å². The van der Waals surface area contributed by atoms with Crippen molar-refractivity contribution in [2.75, 3.05) is 19.8 Å². The molecule has 0 aliphatic heterocycles. The van der Waals surface area contributed by atoms with Crippen LogP contribution in [0.4, 0.5) is 0 Å². The van der Waals surface area contributed by atoms with Crippen LogP contribution in [0.1, 0.15) is 61.8 Å². The van der Waals surface area contributed by atoms with Crippen LogP contribution in [0.2, 0.25) is 42.3 Å². The average Bonchev–Trinajstić information content (AvgIpc) is 2.70. The van der Waals surface area contributed by atoms with Gasteiger partial charge in [-0.1, -0.05) is 53.7 Å². The highest BCUT2D eigenvalue weighted by atomic mass is 28.5. The molecule has 0 aliphatic rings. The number of rotatable bonds is 18. The molecule has 0 bridgehead atoms. The van der Waals surface area contributed by atoms with E-state index in [0.29, 0.717) is 19.8 Å². The molecule has 0 unspecified atom stereocenters. The van der Waals surface area contributed by atoms with Crippen molar-refractivity contribution in [3.8, 4) is 0 Å². The third-order valence-electron chi connectivity index (χ3n) is 6.09. The summed E-state index contributed by atoms with van der Waals surface area (Å²) in [6.07, 6.45) is 0.919. The molecule has 0 rings (SSSR count). The van der Waals surface area contributed by atoms with E-state index in [1.54, 1.807) is 0 Å². The largest absolute Gasteiger partial charge is 0.480 e. The van der Waals surface area contributed by atoms with Gasteiger partial charge in [-0.15, -0.1) is 0 Å². The quantitative estimate of drug-likeness (QED) is 0.129. The lowest BCUT2D eigenvalue weighted by molar-refractivity contribution is 0.138. The molecule has 0 aromatic carbocycles. The Bertz CT molecular complexity index is 385. The molecule has 7 heteroatoms. The van der Waals surface area contributed by atoms with Gasteiger partial charge in [0.2, 0.25) is 0 Å². The zero-order chi connectivity index (χ0) is 21.7. The minimum Gasteiger partial charge on any atom is -0.416 e. The number of hydrogen-bond acceptors (Lipinski definition) is 4. The Morgan fingerprint density at radius 1 is 0.750 bits per heavy atom. The first-order valence-electron chi connectivity index (χ1n) is 11.5. The van der Waals surface area contributed by atoms with Crippen molar-refractivity contribution in [2.45, 2.75) is 104 Å². The van der Waals surface area contributed by atoms with Gasteiger partial charge in [-0.2, -0.15) is 0 Å². The molecular formula is C21H48O4Si3. The van der Waals surface area contributed by atoms with Crippen molar-refractivity contribution in [3.63, 3.8) is 0 Å². The van der Waals surface area contributed by atoms with Crippen LogP contribution < -0.4 is 0 Å². The Hall–Kier alpha value is 0.231. The second kappa shape index (κ2) is 14.3. The predicted molar refractivity (Wildman–Crippen MR) is 129 cm³/mol. The summed E-state index contributed by atoms with van der Waals surface area (Å²) in [5.74, 6) is 0. The first-order chi connectivity index (χ1) is 13.3. The van der Waals surface area contributed by atoms with Crippen LogP contribution in [0.25, 0.3) is 0 Å². The monoisotopic (exact) mass is 448 g/mol. The van der Waals surface area contributed by atoms with Crippen molar-refractivity contribution >= 4 is 25.4 Å². The second-order valence-corrected chi connectivity index (χ2v) is 20.7. The summed E-state index contributed by atoms with van der Waals surface area (Å²) in [5.41, 5.74) is 1.06. The second-order valence-electron chi connectivity index (χ2n) is 7.92. The molecule has 0 atom stereocenters. The summed E-state index contributed by atoms with van der Waals surface area (Å²) >= 11 is 0. The van der Waals surface area contributed by atoms with Gasteiger partial charge in [0.15, 0.2) is 16.6 Å². The van der Waals surface area contributed by atoms with Gasteiger partial charge in [-0.3, -0.25) is 0 Å². The van der Waals surface area contributed by atoms with Gasteiger partial charge < -0.3 is 17.4 Å². The Kier molecular flexibility index (Phi) is 14.4. The van der Waals surface area contributed by atoms with E-state index in [2.05, 4.69) is 55.0 Å². The van der Waals surface area contributed by atoms with E-state index in [0.717, 1.165) is 54.3 Å².